The molecule has 0 aromatic heterocycles. The van der Waals surface area contributed by atoms with Crippen LogP contribution in [0.25, 0.3) is 0 Å². The Hall–Kier alpha value is -3.56. The third-order valence-electron chi connectivity index (χ3n) is 5.60. The number of carbonyl (C=O) groups excluding carboxylic acids is 4. The molecule has 0 aliphatic rings. The van der Waals surface area contributed by atoms with Gasteiger partial charge in [-0.25, -0.2) is 9.59 Å². The molecule has 0 aliphatic carbocycles. The lowest BCUT2D eigenvalue weighted by Crippen LogP contribution is -2.20. The standard InChI is InChI=1S/C32H42O13/c33-29(27-7-3-1-4-8-27)31(35)44-25-23-42-21-19-40-17-15-38-13-11-37-12-14-39-16-18-41-20-22-43-24-26-45-32(36)30(34)28-9-5-2-6-10-28/h1-10H,11-26H2. The summed E-state index contributed by atoms with van der Waals surface area (Å²) >= 11 is 0. The molecule has 248 valence electrons. The Balaban J connectivity index is 1.22. The molecule has 0 bridgehead atoms. The van der Waals surface area contributed by atoms with E-state index < -0.39 is 23.5 Å². The van der Waals surface area contributed by atoms with Gasteiger partial charge in [0.25, 0.3) is 11.6 Å². The van der Waals surface area contributed by atoms with Crippen LogP contribution >= 0.6 is 0 Å². The molecule has 0 fully saturated rings. The topological polar surface area (TPSA) is 151 Å². The van der Waals surface area contributed by atoms with Crippen molar-refractivity contribution in [1.82, 2.24) is 0 Å². The molecule has 45 heavy (non-hydrogen) atoms. The monoisotopic (exact) mass is 634 g/mol. The maximum absolute atomic E-state index is 11.9. The molecule has 0 atom stereocenters. The second-order valence-electron chi connectivity index (χ2n) is 8.95. The van der Waals surface area contributed by atoms with Crippen molar-refractivity contribution < 1.29 is 61.8 Å². The van der Waals surface area contributed by atoms with Gasteiger partial charge in [0.1, 0.15) is 13.2 Å². The Morgan fingerprint density at radius 2 is 0.556 bits per heavy atom. The molecule has 2 rings (SSSR count). The smallest absolute Gasteiger partial charge is 0.379 e. The van der Waals surface area contributed by atoms with Crippen LogP contribution in [-0.4, -0.2) is 129 Å². The lowest BCUT2D eigenvalue weighted by Gasteiger charge is -2.09. The van der Waals surface area contributed by atoms with E-state index in [0.717, 1.165) is 0 Å². The fourth-order valence-corrected chi connectivity index (χ4v) is 3.35. The van der Waals surface area contributed by atoms with Crippen LogP contribution in [0, 0.1) is 0 Å². The van der Waals surface area contributed by atoms with E-state index >= 15 is 0 Å². The quantitative estimate of drug-likeness (QED) is 0.0581. The summed E-state index contributed by atoms with van der Waals surface area (Å²) in [6.07, 6.45) is 0. The van der Waals surface area contributed by atoms with Crippen LogP contribution in [0.5, 0.6) is 0 Å². The predicted octanol–water partition coefficient (Wildman–Crippen LogP) is 1.95. The summed E-state index contributed by atoms with van der Waals surface area (Å²) < 4.78 is 47.5. The highest BCUT2D eigenvalue weighted by atomic mass is 16.6. The van der Waals surface area contributed by atoms with E-state index in [1.54, 1.807) is 60.7 Å². The van der Waals surface area contributed by atoms with Gasteiger partial charge in [-0.05, 0) is 0 Å². The lowest BCUT2D eigenvalue weighted by molar-refractivity contribution is -0.140. The minimum absolute atomic E-state index is 0.0142. The number of hydrogen-bond acceptors (Lipinski definition) is 13. The van der Waals surface area contributed by atoms with Crippen LogP contribution in [-0.2, 0) is 52.2 Å². The van der Waals surface area contributed by atoms with Crippen LogP contribution in [0.1, 0.15) is 20.7 Å². The van der Waals surface area contributed by atoms with Gasteiger partial charge >= 0.3 is 11.9 Å². The summed E-state index contributed by atoms with van der Waals surface area (Å²) in [5, 5.41) is 0. The zero-order chi connectivity index (χ0) is 32.2. The van der Waals surface area contributed by atoms with Gasteiger partial charge < -0.3 is 42.6 Å². The van der Waals surface area contributed by atoms with Gasteiger partial charge in [0.2, 0.25) is 0 Å². The summed E-state index contributed by atoms with van der Waals surface area (Å²) in [6.45, 7) is 5.04. The molecule has 2 aromatic rings. The van der Waals surface area contributed by atoms with Crippen molar-refractivity contribution in [1.29, 1.82) is 0 Å². The van der Waals surface area contributed by atoms with Crippen LogP contribution in [0.3, 0.4) is 0 Å². The second-order valence-corrected chi connectivity index (χ2v) is 8.95. The van der Waals surface area contributed by atoms with E-state index in [4.69, 9.17) is 42.6 Å². The highest BCUT2D eigenvalue weighted by Crippen LogP contribution is 2.02. The third-order valence-corrected chi connectivity index (χ3v) is 5.60. The van der Waals surface area contributed by atoms with E-state index in [9.17, 15) is 19.2 Å². The maximum Gasteiger partial charge on any atom is 0.379 e. The summed E-state index contributed by atoms with van der Waals surface area (Å²) in [5.74, 6) is -3.18. The number of Topliss-reactive ketones (excluding diaryl/α,β-unsaturated/α-hetero) is 2. The molecular weight excluding hydrogens is 592 g/mol. The Morgan fingerprint density at radius 1 is 0.333 bits per heavy atom. The van der Waals surface area contributed by atoms with Crippen LogP contribution in [0.4, 0.5) is 0 Å². The number of rotatable bonds is 28. The summed E-state index contributed by atoms with van der Waals surface area (Å²) in [4.78, 5) is 47.2. The molecule has 0 amide bonds. The predicted molar refractivity (Wildman–Crippen MR) is 159 cm³/mol. The van der Waals surface area contributed by atoms with Crippen molar-refractivity contribution in [2.24, 2.45) is 0 Å². The minimum Gasteiger partial charge on any atom is -0.457 e. The summed E-state index contributed by atoms with van der Waals surface area (Å²) in [5.41, 5.74) is 0.573. The van der Waals surface area contributed by atoms with Gasteiger partial charge in [-0.15, -0.1) is 0 Å². The maximum atomic E-state index is 11.9. The Bertz CT molecular complexity index is 993. The molecule has 0 N–H and O–H groups in total. The van der Waals surface area contributed by atoms with Crippen LogP contribution in [0.2, 0.25) is 0 Å². The van der Waals surface area contributed by atoms with Gasteiger partial charge in [-0.1, -0.05) is 60.7 Å². The number of carbonyl (C=O) groups is 4. The second kappa shape index (κ2) is 25.7. The first-order valence-corrected chi connectivity index (χ1v) is 14.7. The highest BCUT2D eigenvalue weighted by Gasteiger charge is 2.18. The Morgan fingerprint density at radius 3 is 0.800 bits per heavy atom. The zero-order valence-electron chi connectivity index (χ0n) is 25.4. The third kappa shape index (κ3) is 18.8. The first-order chi connectivity index (χ1) is 22.1. The molecule has 0 aliphatic heterocycles. The molecule has 0 heterocycles. The minimum atomic E-state index is -0.907. The first kappa shape index (κ1) is 37.6. The molecule has 13 nitrogen and oxygen atoms in total. The zero-order valence-corrected chi connectivity index (χ0v) is 25.4. The van der Waals surface area contributed by atoms with Crippen molar-refractivity contribution in [2.45, 2.75) is 0 Å². The fraction of sp³-hybridized carbons (Fsp3) is 0.500. The molecule has 0 radical (unpaired) electrons. The van der Waals surface area contributed by atoms with Crippen molar-refractivity contribution in [2.75, 3.05) is 106 Å². The average Bonchev–Trinajstić information content (AvgIpc) is 3.08. The van der Waals surface area contributed by atoms with E-state index in [-0.39, 0.29) is 37.6 Å². The number of benzene rings is 2. The normalized spacial score (nSPS) is 10.8. The SMILES string of the molecule is O=C(OCCOCCOCCOCCOCCOCCOCCOCCOC(=O)C(=O)c1ccccc1)C(=O)c1ccccc1. The van der Waals surface area contributed by atoms with E-state index in [1.165, 1.54) is 0 Å². The Labute approximate surface area is 262 Å². The number of ether oxygens (including phenoxy) is 9. The van der Waals surface area contributed by atoms with Gasteiger partial charge in [0.15, 0.2) is 0 Å². The van der Waals surface area contributed by atoms with Gasteiger partial charge in [-0.3, -0.25) is 9.59 Å². The lowest BCUT2D eigenvalue weighted by atomic mass is 10.1. The van der Waals surface area contributed by atoms with Crippen LogP contribution < -0.4 is 0 Å². The first-order valence-electron chi connectivity index (χ1n) is 14.7. The fourth-order valence-electron chi connectivity index (χ4n) is 3.35. The van der Waals surface area contributed by atoms with E-state index in [1.807, 2.05) is 0 Å². The average molecular weight is 635 g/mol. The Kier molecular flexibility index (Phi) is 21.5. The largest absolute Gasteiger partial charge is 0.457 e. The van der Waals surface area contributed by atoms with Crippen LogP contribution in [0.15, 0.2) is 60.7 Å². The molecule has 13 heteroatoms. The molecule has 0 saturated carbocycles. The highest BCUT2D eigenvalue weighted by molar-refractivity contribution is 6.41. The van der Waals surface area contributed by atoms with Crippen molar-refractivity contribution in [3.63, 3.8) is 0 Å². The number of esters is 2. The van der Waals surface area contributed by atoms with Gasteiger partial charge in [-0.2, -0.15) is 0 Å². The van der Waals surface area contributed by atoms with Gasteiger partial charge in [0.05, 0.1) is 92.5 Å². The summed E-state index contributed by atoms with van der Waals surface area (Å²) in [6, 6.07) is 16.4. The molecule has 2 aromatic carbocycles. The van der Waals surface area contributed by atoms with E-state index in [0.29, 0.717) is 79.3 Å². The van der Waals surface area contributed by atoms with E-state index in [2.05, 4.69) is 0 Å². The summed E-state index contributed by atoms with van der Waals surface area (Å²) in [7, 11) is 0. The molecule has 0 spiro atoms. The molecular formula is C32H42O13. The van der Waals surface area contributed by atoms with Crippen molar-refractivity contribution in [3.05, 3.63) is 71.8 Å². The molecule has 0 unspecified atom stereocenters. The van der Waals surface area contributed by atoms with Crippen molar-refractivity contribution >= 4 is 23.5 Å². The number of hydrogen-bond donors (Lipinski definition) is 0. The number of ketones is 2. The van der Waals surface area contributed by atoms with Crippen molar-refractivity contribution in [3.8, 4) is 0 Å². The van der Waals surface area contributed by atoms with Gasteiger partial charge in [0, 0.05) is 11.1 Å². The molecule has 0 saturated heterocycles.